The first-order valence-electron chi connectivity index (χ1n) is 7.79. The number of hydrogen-bond acceptors (Lipinski definition) is 2. The summed E-state index contributed by atoms with van der Waals surface area (Å²) >= 11 is 0. The maximum atomic E-state index is 5.45. The average Bonchev–Trinajstić information content (AvgIpc) is 2.85. The summed E-state index contributed by atoms with van der Waals surface area (Å²) in [6, 6.07) is 8.28. The Labute approximate surface area is 127 Å². The monoisotopic (exact) mass is 293 g/mol. The minimum atomic E-state index is 0. The smallest absolute Gasteiger partial charge is 0.119 e. The number of piperidine rings is 1. The van der Waals surface area contributed by atoms with Crippen molar-refractivity contribution in [1.82, 2.24) is 4.90 Å². The fourth-order valence-corrected chi connectivity index (χ4v) is 4.64. The predicted molar refractivity (Wildman–Crippen MR) is 83.8 cm³/mol. The van der Waals surface area contributed by atoms with Gasteiger partial charge in [0.15, 0.2) is 0 Å². The normalized spacial score (nSPS) is 31.8. The summed E-state index contributed by atoms with van der Waals surface area (Å²) in [5, 5.41) is 0. The molecular weight excluding hydrogens is 270 g/mol. The van der Waals surface area contributed by atoms with Gasteiger partial charge in [0.05, 0.1) is 7.11 Å². The molecule has 0 radical (unpaired) electrons. The number of nitrogens with zero attached hydrogens (tertiary/aromatic N) is 1. The Morgan fingerprint density at radius 3 is 2.95 bits per heavy atom. The van der Waals surface area contributed by atoms with Crippen molar-refractivity contribution >= 4 is 12.4 Å². The lowest BCUT2D eigenvalue weighted by atomic mass is 9.80. The van der Waals surface area contributed by atoms with Crippen molar-refractivity contribution < 1.29 is 4.74 Å². The van der Waals surface area contributed by atoms with Gasteiger partial charge in [-0.2, -0.15) is 0 Å². The lowest BCUT2D eigenvalue weighted by Gasteiger charge is -2.37. The van der Waals surface area contributed by atoms with Crippen LogP contribution in [0.15, 0.2) is 18.2 Å². The molecular formula is C17H24ClNO. The molecule has 0 spiro atoms. The third kappa shape index (κ3) is 2.14. The Morgan fingerprint density at radius 2 is 2.10 bits per heavy atom. The van der Waals surface area contributed by atoms with E-state index in [1.54, 1.807) is 18.2 Å². The Balaban J connectivity index is 0.00000121. The number of ether oxygens (including phenoxy) is 1. The molecule has 110 valence electrons. The second-order valence-electron chi connectivity index (χ2n) is 6.43. The van der Waals surface area contributed by atoms with E-state index in [-0.39, 0.29) is 12.4 Å². The highest BCUT2D eigenvalue weighted by Crippen LogP contribution is 2.50. The third-order valence-electron chi connectivity index (χ3n) is 5.51. The quantitative estimate of drug-likeness (QED) is 0.776. The molecule has 2 aliphatic heterocycles. The largest absolute Gasteiger partial charge is 0.497 e. The maximum absolute atomic E-state index is 5.45. The van der Waals surface area contributed by atoms with Crippen LogP contribution in [0.4, 0.5) is 0 Å². The van der Waals surface area contributed by atoms with Crippen LogP contribution in [-0.2, 0) is 6.42 Å². The van der Waals surface area contributed by atoms with Gasteiger partial charge in [-0.05, 0) is 67.8 Å². The predicted octanol–water partition coefficient (Wildman–Crippen LogP) is 3.98. The van der Waals surface area contributed by atoms with Gasteiger partial charge in [-0.1, -0.05) is 12.5 Å². The molecule has 2 fully saturated rings. The molecule has 2 heterocycles. The van der Waals surface area contributed by atoms with Gasteiger partial charge in [-0.3, -0.25) is 4.90 Å². The van der Waals surface area contributed by atoms with Crippen LogP contribution in [0, 0.1) is 5.92 Å². The van der Waals surface area contributed by atoms with E-state index < -0.39 is 0 Å². The molecule has 0 bridgehead atoms. The minimum absolute atomic E-state index is 0. The Morgan fingerprint density at radius 1 is 1.20 bits per heavy atom. The molecule has 1 aromatic carbocycles. The number of halogens is 1. The number of aryl methyl sites for hydroxylation is 1. The molecule has 0 saturated carbocycles. The van der Waals surface area contributed by atoms with Gasteiger partial charge in [-0.25, -0.2) is 0 Å². The molecule has 1 aliphatic carbocycles. The second kappa shape index (κ2) is 5.57. The Kier molecular flexibility index (Phi) is 3.96. The Hall–Kier alpha value is -0.730. The molecule has 4 rings (SSSR count). The third-order valence-corrected chi connectivity index (χ3v) is 5.51. The van der Waals surface area contributed by atoms with Crippen LogP contribution in [0.1, 0.15) is 49.3 Å². The van der Waals surface area contributed by atoms with Crippen LogP contribution in [0.25, 0.3) is 0 Å². The van der Waals surface area contributed by atoms with Crippen molar-refractivity contribution in [2.24, 2.45) is 5.92 Å². The van der Waals surface area contributed by atoms with Crippen molar-refractivity contribution in [2.75, 3.05) is 13.7 Å². The molecule has 3 atom stereocenters. The van der Waals surface area contributed by atoms with Gasteiger partial charge in [0.2, 0.25) is 0 Å². The van der Waals surface area contributed by atoms with Gasteiger partial charge in [0.25, 0.3) is 0 Å². The zero-order valence-electron chi connectivity index (χ0n) is 12.2. The van der Waals surface area contributed by atoms with E-state index in [1.807, 2.05) is 0 Å². The number of methoxy groups -OCH3 is 1. The number of rotatable bonds is 1. The van der Waals surface area contributed by atoms with Crippen LogP contribution >= 0.6 is 12.4 Å². The van der Waals surface area contributed by atoms with E-state index in [0.717, 1.165) is 17.7 Å². The lowest BCUT2D eigenvalue weighted by Crippen LogP contribution is -2.37. The molecule has 2 saturated heterocycles. The fourth-order valence-electron chi connectivity index (χ4n) is 4.64. The van der Waals surface area contributed by atoms with Gasteiger partial charge in [-0.15, -0.1) is 12.4 Å². The fraction of sp³-hybridized carbons (Fsp3) is 0.647. The van der Waals surface area contributed by atoms with Crippen LogP contribution in [0.5, 0.6) is 5.75 Å². The Bertz CT molecular complexity index is 490. The molecule has 3 unspecified atom stereocenters. The molecule has 2 nitrogen and oxygen atoms in total. The summed E-state index contributed by atoms with van der Waals surface area (Å²) in [4.78, 5) is 2.81. The highest BCUT2D eigenvalue weighted by Gasteiger charge is 2.44. The van der Waals surface area contributed by atoms with Gasteiger partial charge < -0.3 is 4.74 Å². The maximum Gasteiger partial charge on any atom is 0.119 e. The summed E-state index contributed by atoms with van der Waals surface area (Å²) in [5.74, 6) is 1.92. The standard InChI is InChI=1S/C17H23NO.ClH/c1-19-15-8-7-12-5-6-13-10-14-4-2-3-9-18(14)17(13)16(12)11-15;/h7-8,11,13-14,17H,2-6,9-10H2,1H3;1H. The molecule has 3 heteroatoms. The van der Waals surface area contributed by atoms with Crippen LogP contribution in [0.3, 0.4) is 0 Å². The molecule has 20 heavy (non-hydrogen) atoms. The van der Waals surface area contributed by atoms with Crippen LogP contribution in [0.2, 0.25) is 0 Å². The van der Waals surface area contributed by atoms with Crippen LogP contribution < -0.4 is 4.74 Å². The summed E-state index contributed by atoms with van der Waals surface area (Å²) in [6.45, 7) is 1.31. The van der Waals surface area contributed by atoms with Gasteiger partial charge >= 0.3 is 0 Å². The first kappa shape index (κ1) is 14.2. The summed E-state index contributed by atoms with van der Waals surface area (Å²) in [6.07, 6.45) is 8.33. The van der Waals surface area contributed by atoms with Crippen LogP contribution in [-0.4, -0.2) is 24.6 Å². The zero-order chi connectivity index (χ0) is 12.8. The highest BCUT2D eigenvalue weighted by atomic mass is 35.5. The lowest BCUT2D eigenvalue weighted by molar-refractivity contribution is 0.136. The van der Waals surface area contributed by atoms with Crippen molar-refractivity contribution in [3.63, 3.8) is 0 Å². The number of fused-ring (bicyclic) bond motifs is 5. The van der Waals surface area contributed by atoms with Crippen molar-refractivity contribution in [3.05, 3.63) is 29.3 Å². The first-order valence-corrected chi connectivity index (χ1v) is 7.79. The molecule has 0 aromatic heterocycles. The molecule has 0 amide bonds. The van der Waals surface area contributed by atoms with Crippen molar-refractivity contribution in [3.8, 4) is 5.75 Å². The summed E-state index contributed by atoms with van der Waals surface area (Å²) in [5.41, 5.74) is 3.13. The van der Waals surface area contributed by atoms with E-state index in [4.69, 9.17) is 4.74 Å². The summed E-state index contributed by atoms with van der Waals surface area (Å²) < 4.78 is 5.45. The average molecular weight is 294 g/mol. The highest BCUT2D eigenvalue weighted by molar-refractivity contribution is 5.85. The van der Waals surface area contributed by atoms with E-state index in [9.17, 15) is 0 Å². The second-order valence-corrected chi connectivity index (χ2v) is 6.43. The summed E-state index contributed by atoms with van der Waals surface area (Å²) in [7, 11) is 1.78. The van der Waals surface area contributed by atoms with E-state index in [1.165, 1.54) is 45.1 Å². The van der Waals surface area contributed by atoms with Gasteiger partial charge in [0.1, 0.15) is 5.75 Å². The van der Waals surface area contributed by atoms with E-state index in [2.05, 4.69) is 23.1 Å². The molecule has 0 N–H and O–H groups in total. The van der Waals surface area contributed by atoms with Gasteiger partial charge in [0, 0.05) is 12.1 Å². The topological polar surface area (TPSA) is 12.5 Å². The van der Waals surface area contributed by atoms with Crippen molar-refractivity contribution in [1.29, 1.82) is 0 Å². The van der Waals surface area contributed by atoms with E-state index in [0.29, 0.717) is 6.04 Å². The SMILES string of the molecule is COc1ccc2c(c1)C1C(CC2)CC2CCCCN21.Cl. The zero-order valence-corrected chi connectivity index (χ0v) is 13.0. The minimum Gasteiger partial charge on any atom is -0.497 e. The molecule has 1 aromatic rings. The van der Waals surface area contributed by atoms with E-state index >= 15 is 0 Å². The first-order chi connectivity index (χ1) is 9.36. The number of benzene rings is 1. The number of hydrogen-bond donors (Lipinski definition) is 0. The molecule has 3 aliphatic rings. The van der Waals surface area contributed by atoms with Crippen molar-refractivity contribution in [2.45, 2.75) is 50.6 Å².